The normalized spacial score (nSPS) is 13.3. The predicted molar refractivity (Wildman–Crippen MR) is 307 cm³/mol. The van der Waals surface area contributed by atoms with Crippen molar-refractivity contribution in [2.45, 2.75) is 13.7 Å². The van der Waals surface area contributed by atoms with Gasteiger partial charge in [-0.25, -0.2) is 0 Å². The molecule has 0 unspecified atom stereocenters. The predicted octanol–water partition coefficient (Wildman–Crippen LogP) is 17.0. The summed E-state index contributed by atoms with van der Waals surface area (Å²) in [7, 11) is 0. The first-order chi connectivity index (χ1) is 40.3. The topological polar surface area (TPSA) is 65.1 Å². The molecule has 15 aromatic rings. The molecule has 0 radical (unpaired) electrons. The van der Waals surface area contributed by atoms with Crippen LogP contribution in [0.3, 0.4) is 0 Å². The Morgan fingerprint density at radius 3 is 1.82 bits per heavy atom. The summed E-state index contributed by atoms with van der Waals surface area (Å²) < 4.78 is 69.0. The number of nitrogens with zero attached hydrogens (tertiary/aromatic N) is 6. The van der Waals surface area contributed by atoms with E-state index in [-0.39, 0.29) is 22.6 Å². The molecular weight excluding hydrogens is 1120 g/mol. The number of hydrogen-bond donors (Lipinski definition) is 0. The number of imidazole rings is 1. The number of nitriles is 1. The van der Waals surface area contributed by atoms with Crippen molar-refractivity contribution in [2.75, 3.05) is 0 Å². The average molecular weight is 1170 g/mol. The van der Waals surface area contributed by atoms with E-state index in [2.05, 4.69) is 124 Å². The quantitative estimate of drug-likeness (QED) is 0.142. The van der Waals surface area contributed by atoms with Gasteiger partial charge < -0.3 is 4.40 Å². The molecule has 15 rings (SSSR count). The number of hydrogen-bond acceptors (Lipinski definition) is 3. The minimum Gasteiger partial charge on any atom is -0.0622 e. The summed E-state index contributed by atoms with van der Waals surface area (Å²) in [4.78, 5) is 5.04. The van der Waals surface area contributed by atoms with Gasteiger partial charge in [-0.15, -0.1) is 0 Å². The van der Waals surface area contributed by atoms with Crippen LogP contribution in [0.2, 0.25) is 0 Å². The molecule has 7 nitrogen and oxygen atoms in total. The van der Waals surface area contributed by atoms with E-state index >= 15 is 0 Å². The zero-order chi connectivity index (χ0) is 56.5. The molecule has 8 heteroatoms. The fourth-order valence-corrected chi connectivity index (χ4v) is 12.6. The third-order valence-electron chi connectivity index (χ3n) is 14.9. The van der Waals surface area contributed by atoms with Crippen LogP contribution in [0.5, 0.6) is 11.5 Å². The van der Waals surface area contributed by atoms with Crippen molar-refractivity contribution in [1.82, 2.24) is 23.1 Å². The molecule has 0 spiro atoms. The Kier molecular flexibility index (Phi) is 8.84. The van der Waals surface area contributed by atoms with Gasteiger partial charge in [0.2, 0.25) is 0 Å². The van der Waals surface area contributed by atoms with Crippen LogP contribution in [0, 0.1) is 41.0 Å². The number of rotatable bonds is 8. The van der Waals surface area contributed by atoms with Crippen molar-refractivity contribution < 1.29 is 32.3 Å². The van der Waals surface area contributed by atoms with Crippen molar-refractivity contribution in [2.24, 2.45) is 0 Å². The van der Waals surface area contributed by atoms with Gasteiger partial charge in [-0.1, -0.05) is 48.5 Å². The molecule has 0 amide bonds. The van der Waals surface area contributed by atoms with Gasteiger partial charge in [-0.2, -0.15) is 5.26 Å². The molecule has 0 aliphatic heterocycles. The Morgan fingerprint density at radius 1 is 0.506 bits per heavy atom. The molecule has 0 N–H and O–H groups in total. The van der Waals surface area contributed by atoms with Gasteiger partial charge in [0.15, 0.2) is 0 Å². The van der Waals surface area contributed by atoms with Crippen molar-refractivity contribution in [1.29, 1.82) is 5.26 Å². The molecule has 5 heterocycles. The van der Waals surface area contributed by atoms with Gasteiger partial charge in [0, 0.05) is 37.4 Å². The summed E-state index contributed by atoms with van der Waals surface area (Å²) in [6.45, 7) is -5.14. The van der Waals surface area contributed by atoms with E-state index in [9.17, 15) is 5.26 Å². The van der Waals surface area contributed by atoms with E-state index in [0.717, 1.165) is 91.6 Å². The Bertz CT molecular complexity index is 5190. The first-order valence-corrected chi connectivity index (χ1v) is 26.2. The van der Waals surface area contributed by atoms with Gasteiger partial charge >= 0.3 is 305 Å². The molecule has 0 aliphatic rings. The molecule has 0 saturated heterocycles. The fraction of sp³-hybridized carbons (Fsp3) is 0.0290. The minimum absolute atomic E-state index is 0.0155. The minimum atomic E-state index is -2.61. The average Bonchev–Trinajstić information content (AvgIpc) is 1.72. The molecule has 0 saturated carbocycles. The van der Waals surface area contributed by atoms with E-state index < -0.39 is 13.7 Å². The standard InChI is InChI=1S/C69H42N6O.Pt/c1-43-29-30-49(72-42-73(62-28-15-14-27-61(62)72)68-51(46-17-6-3-7-18-46)24-16-25-52(68)47-19-8-4-9-20-47)36-66(43)76-50-31-32-54-55-38-56-58-35-45(40-70)34-57-53-23-12-13-26-60(53)75(69(57)58)65(56)39-64(55)74(63(54)37-50)67-33-44(2)59(41-71-67)48-21-10-5-11-22-48;/h3-35,38-39,41H,1-2H3;/q-2;/i1D3,2D3;. The van der Waals surface area contributed by atoms with E-state index in [4.69, 9.17) is 17.9 Å². The summed E-state index contributed by atoms with van der Waals surface area (Å²) in [6, 6.07) is 78.8. The summed E-state index contributed by atoms with van der Waals surface area (Å²) in [6.07, 6.45) is 1.61. The Hall–Kier alpha value is -9.60. The second-order valence-electron chi connectivity index (χ2n) is 19.2. The van der Waals surface area contributed by atoms with Crippen LogP contribution >= 0.6 is 0 Å². The molecule has 5 aromatic heterocycles. The summed E-state index contributed by atoms with van der Waals surface area (Å²) >= 11 is 2.36. The molecule has 10 aromatic carbocycles. The van der Waals surface area contributed by atoms with Crippen molar-refractivity contribution in [3.8, 4) is 68.1 Å². The van der Waals surface area contributed by atoms with Crippen molar-refractivity contribution >= 4 is 70.9 Å². The molecule has 0 atom stereocenters. The van der Waals surface area contributed by atoms with Crippen molar-refractivity contribution in [3.63, 3.8) is 0 Å². The molecule has 366 valence electrons. The number of aromatic nitrogens is 5. The number of pyridine rings is 1. The molecular formula is C69H42N6OPt-2. The number of fused-ring (bicyclic) bond motifs is 10. The van der Waals surface area contributed by atoms with Crippen LogP contribution in [-0.4, -0.2) is 23.1 Å². The Labute approximate surface area is 462 Å². The zero-order valence-corrected chi connectivity index (χ0v) is 43.0. The number of benzene rings is 10. The van der Waals surface area contributed by atoms with E-state index in [0.29, 0.717) is 39.2 Å². The van der Waals surface area contributed by atoms with Crippen LogP contribution in [0.4, 0.5) is 0 Å². The van der Waals surface area contributed by atoms with Crippen molar-refractivity contribution in [3.05, 3.63) is 251 Å². The molecule has 0 fully saturated rings. The van der Waals surface area contributed by atoms with Gasteiger partial charge in [-0.05, 0) is 36.2 Å². The van der Waals surface area contributed by atoms with Gasteiger partial charge in [0.05, 0.1) is 28.2 Å². The first kappa shape index (κ1) is 38.9. The number of aryl methyl sites for hydroxylation is 2. The second kappa shape index (κ2) is 17.5. The van der Waals surface area contributed by atoms with Gasteiger partial charge in [-0.3, -0.25) is 0 Å². The summed E-state index contributed by atoms with van der Waals surface area (Å²) in [5, 5.41) is 15.7. The van der Waals surface area contributed by atoms with Gasteiger partial charge in [0.1, 0.15) is 0 Å². The zero-order valence-electron chi connectivity index (χ0n) is 46.7. The third kappa shape index (κ3) is 6.93. The van der Waals surface area contributed by atoms with E-state index in [1.807, 2.05) is 120 Å². The van der Waals surface area contributed by atoms with E-state index in [1.165, 1.54) is 0 Å². The van der Waals surface area contributed by atoms with Gasteiger partial charge in [0.25, 0.3) is 0 Å². The maximum absolute atomic E-state index is 10.3. The molecule has 77 heavy (non-hydrogen) atoms. The second-order valence-corrected chi connectivity index (χ2v) is 20.2. The molecule has 0 bridgehead atoms. The number of ether oxygens (including phenoxy) is 1. The van der Waals surface area contributed by atoms with Crippen LogP contribution in [-0.2, 0) is 19.4 Å². The summed E-state index contributed by atoms with van der Waals surface area (Å²) in [5.74, 6) is 0.509. The monoisotopic (exact) mass is 1170 g/mol. The van der Waals surface area contributed by atoms with E-state index in [1.54, 1.807) is 30.5 Å². The van der Waals surface area contributed by atoms with Crippen LogP contribution in [0.25, 0.3) is 122 Å². The van der Waals surface area contributed by atoms with Crippen LogP contribution in [0.1, 0.15) is 24.9 Å². The Balaban J connectivity index is 0.949. The van der Waals surface area contributed by atoms with Crippen LogP contribution < -0.4 is 4.74 Å². The first-order valence-electron chi connectivity index (χ1n) is 28.1. The fourth-order valence-electron chi connectivity index (χ4n) is 11.5. The smallest absolute Gasteiger partial charge is 0.0622 e. The molecule has 0 aliphatic carbocycles. The Morgan fingerprint density at radius 2 is 1.13 bits per heavy atom. The number of para-hydroxylation sites is 4. The maximum atomic E-state index is 10.3. The summed E-state index contributed by atoms with van der Waals surface area (Å²) in [5.41, 5.74) is 13.4. The SMILES string of the molecule is [2H]C([2H])([2H])c1ccc(-n2[c](=[Pt])n(-c3c(-c4ccccc4)cccc3-c3ccccc3)c3ccccc32)[c-]c1Oc1[c-]c2c(cc1)c1cc3c4cc(C#N)cc5c6ccccc6n(c3cc1n2-c1cc(C([2H])([2H])[2H])c(-c2ccccc2)cn1)c54. The van der Waals surface area contributed by atoms with Crippen LogP contribution in [0.15, 0.2) is 219 Å². The third-order valence-corrected chi connectivity index (χ3v) is 15.9.